The number of aryl methyl sites for hydroxylation is 2. The van der Waals surface area contributed by atoms with E-state index in [1.54, 1.807) is 42.5 Å². The quantitative estimate of drug-likeness (QED) is 0.477. The Bertz CT molecular complexity index is 1270. The van der Waals surface area contributed by atoms with Crippen LogP contribution in [0.1, 0.15) is 42.2 Å². The van der Waals surface area contributed by atoms with Crippen LogP contribution in [0.15, 0.2) is 54.6 Å². The normalized spacial score (nSPS) is 12.4. The Morgan fingerprint density at radius 1 is 0.829 bits per heavy atom. The van der Waals surface area contributed by atoms with Crippen molar-refractivity contribution in [2.24, 2.45) is 0 Å². The van der Waals surface area contributed by atoms with Gasteiger partial charge in [0, 0.05) is 11.3 Å². The molecule has 8 heteroatoms. The van der Waals surface area contributed by atoms with E-state index in [0.717, 1.165) is 16.0 Å². The number of amides is 3. The third kappa shape index (κ3) is 4.19. The second-order valence-corrected chi connectivity index (χ2v) is 8.16. The van der Waals surface area contributed by atoms with Crippen LogP contribution in [0, 0.1) is 13.8 Å². The van der Waals surface area contributed by atoms with E-state index < -0.39 is 17.7 Å². The molecule has 0 spiro atoms. The summed E-state index contributed by atoms with van der Waals surface area (Å²) in [6, 6.07) is 15.3. The van der Waals surface area contributed by atoms with Gasteiger partial charge in [-0.3, -0.25) is 24.2 Å². The summed E-state index contributed by atoms with van der Waals surface area (Å²) in [6.07, 6.45) is 0. The van der Waals surface area contributed by atoms with Gasteiger partial charge in [0.2, 0.25) is 5.75 Å². The number of hydrogen-bond acceptors (Lipinski definition) is 6. The molecule has 1 aliphatic heterocycles. The lowest BCUT2D eigenvalue weighted by Crippen LogP contribution is -2.44. The smallest absolute Gasteiger partial charge is 0.263 e. The van der Waals surface area contributed by atoms with Crippen LogP contribution in [0.4, 0.5) is 5.69 Å². The van der Waals surface area contributed by atoms with Gasteiger partial charge in [0.25, 0.3) is 17.7 Å². The fourth-order valence-electron chi connectivity index (χ4n) is 4.23. The minimum Gasteiger partial charge on any atom is -0.493 e. The van der Waals surface area contributed by atoms with Gasteiger partial charge in [-0.05, 0) is 49.7 Å². The molecule has 0 saturated heterocycles. The molecule has 3 aromatic carbocycles. The molecule has 3 aromatic rings. The van der Waals surface area contributed by atoms with Gasteiger partial charge in [-0.1, -0.05) is 29.8 Å². The van der Waals surface area contributed by atoms with Gasteiger partial charge in [0.15, 0.2) is 11.5 Å². The highest BCUT2D eigenvalue weighted by Crippen LogP contribution is 2.39. The number of methoxy groups -OCH3 is 3. The first-order valence-electron chi connectivity index (χ1n) is 10.9. The number of ether oxygens (including phenoxy) is 3. The van der Waals surface area contributed by atoms with Crippen molar-refractivity contribution in [2.45, 2.75) is 13.8 Å². The Kier molecular flexibility index (Phi) is 6.46. The molecule has 0 saturated carbocycles. The molecule has 0 unspecified atom stereocenters. The molecule has 180 valence electrons. The highest BCUT2D eigenvalue weighted by Gasteiger charge is 2.37. The number of rotatable bonds is 7. The number of nitrogens with zero attached hydrogens (tertiary/aromatic N) is 2. The highest BCUT2D eigenvalue weighted by molar-refractivity contribution is 6.22. The zero-order chi connectivity index (χ0) is 25.3. The van der Waals surface area contributed by atoms with E-state index in [1.165, 1.54) is 26.2 Å². The number of fused-ring (bicyclic) bond motifs is 1. The molecule has 1 heterocycles. The molecule has 0 fully saturated rings. The van der Waals surface area contributed by atoms with E-state index >= 15 is 0 Å². The maximum absolute atomic E-state index is 13.9. The largest absolute Gasteiger partial charge is 0.493 e. The van der Waals surface area contributed by atoms with Crippen LogP contribution >= 0.6 is 0 Å². The topological polar surface area (TPSA) is 85.4 Å². The standard InChI is InChI=1S/C27H26N2O6/c1-16-10-11-21(17(2)12-16)28(15-29-26(31)19-8-6-7-9-20(19)27(29)32)25(30)18-13-22(33-3)24(35-5)23(14-18)34-4/h6-14H,15H2,1-5H3. The maximum atomic E-state index is 13.9. The summed E-state index contributed by atoms with van der Waals surface area (Å²) in [4.78, 5) is 42.5. The Morgan fingerprint density at radius 2 is 1.40 bits per heavy atom. The molecule has 0 aromatic heterocycles. The van der Waals surface area contributed by atoms with Crippen LogP contribution in [0.2, 0.25) is 0 Å². The molecule has 0 bridgehead atoms. The zero-order valence-corrected chi connectivity index (χ0v) is 20.2. The lowest BCUT2D eigenvalue weighted by Gasteiger charge is -2.29. The summed E-state index contributed by atoms with van der Waals surface area (Å²) < 4.78 is 16.2. The molecule has 0 atom stereocenters. The Labute approximate surface area is 203 Å². The minimum absolute atomic E-state index is 0.246. The molecular formula is C27H26N2O6. The van der Waals surface area contributed by atoms with Crippen molar-refractivity contribution in [3.63, 3.8) is 0 Å². The number of hydrogen-bond donors (Lipinski definition) is 0. The number of imide groups is 1. The summed E-state index contributed by atoms with van der Waals surface area (Å²) in [5.74, 6) is -0.346. The van der Waals surface area contributed by atoms with Crippen molar-refractivity contribution in [3.8, 4) is 17.2 Å². The molecule has 35 heavy (non-hydrogen) atoms. The van der Waals surface area contributed by atoms with E-state index in [2.05, 4.69) is 0 Å². The summed E-state index contributed by atoms with van der Waals surface area (Å²) in [5, 5.41) is 0. The molecule has 0 N–H and O–H groups in total. The van der Waals surface area contributed by atoms with Crippen molar-refractivity contribution in [3.05, 3.63) is 82.4 Å². The number of carbonyl (C=O) groups is 3. The van der Waals surface area contributed by atoms with Crippen molar-refractivity contribution in [1.82, 2.24) is 4.90 Å². The van der Waals surface area contributed by atoms with E-state index in [1.807, 2.05) is 26.0 Å². The molecule has 3 amide bonds. The van der Waals surface area contributed by atoms with Gasteiger partial charge in [-0.15, -0.1) is 0 Å². The van der Waals surface area contributed by atoms with Gasteiger partial charge in [-0.25, -0.2) is 0 Å². The predicted molar refractivity (Wildman–Crippen MR) is 131 cm³/mol. The summed E-state index contributed by atoms with van der Waals surface area (Å²) in [7, 11) is 4.41. The summed E-state index contributed by atoms with van der Waals surface area (Å²) >= 11 is 0. The molecule has 8 nitrogen and oxygen atoms in total. The van der Waals surface area contributed by atoms with Gasteiger partial charge in [0.05, 0.1) is 32.5 Å². The van der Waals surface area contributed by atoms with Crippen LogP contribution in [0.5, 0.6) is 17.2 Å². The van der Waals surface area contributed by atoms with Gasteiger partial charge < -0.3 is 14.2 Å². The molecule has 0 radical (unpaired) electrons. The average molecular weight is 475 g/mol. The first-order chi connectivity index (χ1) is 16.8. The first kappa shape index (κ1) is 23.8. The van der Waals surface area contributed by atoms with E-state index in [-0.39, 0.29) is 12.2 Å². The zero-order valence-electron chi connectivity index (χ0n) is 20.2. The second kappa shape index (κ2) is 9.50. The predicted octanol–water partition coefficient (Wildman–Crippen LogP) is 4.23. The third-order valence-corrected chi connectivity index (χ3v) is 5.96. The fourth-order valence-corrected chi connectivity index (χ4v) is 4.23. The van der Waals surface area contributed by atoms with Crippen molar-refractivity contribution in [2.75, 3.05) is 32.9 Å². The van der Waals surface area contributed by atoms with Crippen molar-refractivity contribution in [1.29, 1.82) is 0 Å². The van der Waals surface area contributed by atoms with Crippen molar-refractivity contribution < 1.29 is 28.6 Å². The lowest BCUT2D eigenvalue weighted by molar-refractivity contribution is 0.0650. The monoisotopic (exact) mass is 474 g/mol. The van der Waals surface area contributed by atoms with Crippen LogP contribution in [0.3, 0.4) is 0 Å². The average Bonchev–Trinajstić information content (AvgIpc) is 3.11. The molecule has 0 aliphatic carbocycles. The van der Waals surface area contributed by atoms with Gasteiger partial charge in [0.1, 0.15) is 6.67 Å². The Morgan fingerprint density at radius 3 is 1.89 bits per heavy atom. The van der Waals surface area contributed by atoms with Crippen LogP contribution in [0.25, 0.3) is 0 Å². The van der Waals surface area contributed by atoms with E-state index in [4.69, 9.17) is 14.2 Å². The SMILES string of the molecule is COc1cc(C(=O)N(CN2C(=O)c3ccccc3C2=O)c2ccc(C)cc2C)cc(OC)c1OC. The van der Waals surface area contributed by atoms with Gasteiger partial charge >= 0.3 is 0 Å². The third-order valence-electron chi connectivity index (χ3n) is 5.96. The molecule has 4 rings (SSSR count). The fraction of sp³-hybridized carbons (Fsp3) is 0.222. The first-order valence-corrected chi connectivity index (χ1v) is 10.9. The molecular weight excluding hydrogens is 448 g/mol. The highest BCUT2D eigenvalue weighted by atomic mass is 16.5. The maximum Gasteiger partial charge on any atom is 0.263 e. The summed E-state index contributed by atoms with van der Waals surface area (Å²) in [6.45, 7) is 3.57. The van der Waals surface area contributed by atoms with Crippen LogP contribution in [-0.4, -0.2) is 50.6 Å². The second-order valence-electron chi connectivity index (χ2n) is 8.16. The Balaban J connectivity index is 1.80. The Hall–Kier alpha value is -4.33. The number of carbonyl (C=O) groups excluding carboxylic acids is 3. The number of anilines is 1. The summed E-state index contributed by atoms with van der Waals surface area (Å²) in [5.41, 5.74) is 3.30. The van der Waals surface area contributed by atoms with E-state index in [0.29, 0.717) is 34.1 Å². The van der Waals surface area contributed by atoms with Crippen molar-refractivity contribution >= 4 is 23.4 Å². The van der Waals surface area contributed by atoms with E-state index in [9.17, 15) is 14.4 Å². The lowest BCUT2D eigenvalue weighted by atomic mass is 10.1. The number of benzene rings is 3. The molecule has 1 aliphatic rings. The van der Waals surface area contributed by atoms with Crippen LogP contribution < -0.4 is 19.1 Å². The minimum atomic E-state index is -0.446. The van der Waals surface area contributed by atoms with Gasteiger partial charge in [-0.2, -0.15) is 0 Å². The van der Waals surface area contributed by atoms with Crippen LogP contribution in [-0.2, 0) is 0 Å².